The van der Waals surface area contributed by atoms with Crippen molar-refractivity contribution in [1.29, 1.82) is 0 Å². The van der Waals surface area contributed by atoms with Crippen molar-refractivity contribution in [3.05, 3.63) is 34.1 Å². The minimum Gasteiger partial charge on any atom is -0.354 e. The third kappa shape index (κ3) is 4.63. The van der Waals surface area contributed by atoms with Gasteiger partial charge in [-0.2, -0.15) is 0 Å². The van der Waals surface area contributed by atoms with Crippen LogP contribution in [0.5, 0.6) is 0 Å². The standard InChI is InChI=1S/C13H16BrFN2O2/c1-8(2)12(18)16-6-7-17-13(19)9-4-3-5-10(14)11(9)15/h3-5,8H,6-7H2,1-2H3,(H,16,18)(H,17,19). The van der Waals surface area contributed by atoms with Gasteiger partial charge in [0, 0.05) is 19.0 Å². The van der Waals surface area contributed by atoms with Crippen molar-refractivity contribution < 1.29 is 14.0 Å². The molecule has 6 heteroatoms. The first-order valence-corrected chi connectivity index (χ1v) is 6.72. The molecule has 104 valence electrons. The molecule has 0 aliphatic carbocycles. The van der Waals surface area contributed by atoms with Gasteiger partial charge in [-0.15, -0.1) is 0 Å². The van der Waals surface area contributed by atoms with Crippen LogP contribution in [0.2, 0.25) is 0 Å². The lowest BCUT2D eigenvalue weighted by Crippen LogP contribution is -2.36. The lowest BCUT2D eigenvalue weighted by Gasteiger charge is -2.09. The molecule has 0 aliphatic rings. The average molecular weight is 331 g/mol. The molecule has 0 aromatic heterocycles. The Morgan fingerprint density at radius 3 is 2.53 bits per heavy atom. The smallest absolute Gasteiger partial charge is 0.254 e. The van der Waals surface area contributed by atoms with Gasteiger partial charge < -0.3 is 10.6 Å². The summed E-state index contributed by atoms with van der Waals surface area (Å²) in [6.45, 7) is 4.14. The highest BCUT2D eigenvalue weighted by Gasteiger charge is 2.13. The number of nitrogens with one attached hydrogen (secondary N) is 2. The van der Waals surface area contributed by atoms with Crippen LogP contribution in [-0.4, -0.2) is 24.9 Å². The third-order valence-electron chi connectivity index (χ3n) is 2.43. The second-order valence-corrected chi connectivity index (χ2v) is 5.16. The summed E-state index contributed by atoms with van der Waals surface area (Å²) in [5, 5.41) is 5.21. The van der Waals surface area contributed by atoms with Gasteiger partial charge in [-0.3, -0.25) is 9.59 Å². The molecule has 4 nitrogen and oxygen atoms in total. The summed E-state index contributed by atoms with van der Waals surface area (Å²) < 4.78 is 13.9. The van der Waals surface area contributed by atoms with E-state index in [-0.39, 0.29) is 28.4 Å². The van der Waals surface area contributed by atoms with Crippen LogP contribution in [0.4, 0.5) is 4.39 Å². The Hall–Kier alpha value is -1.43. The van der Waals surface area contributed by atoms with Gasteiger partial charge in [-0.25, -0.2) is 4.39 Å². The molecule has 0 aliphatic heterocycles. The van der Waals surface area contributed by atoms with E-state index in [2.05, 4.69) is 26.6 Å². The zero-order valence-corrected chi connectivity index (χ0v) is 12.4. The normalized spacial score (nSPS) is 10.4. The van der Waals surface area contributed by atoms with Gasteiger partial charge in [0.15, 0.2) is 0 Å². The molecule has 0 saturated heterocycles. The Labute approximate surface area is 119 Å². The van der Waals surface area contributed by atoms with Gasteiger partial charge in [-0.05, 0) is 28.1 Å². The highest BCUT2D eigenvalue weighted by Crippen LogP contribution is 2.18. The molecule has 0 atom stereocenters. The molecule has 1 rings (SSSR count). The second-order valence-electron chi connectivity index (χ2n) is 4.30. The van der Waals surface area contributed by atoms with Crippen LogP contribution in [0.15, 0.2) is 22.7 Å². The minimum atomic E-state index is -0.591. The molecule has 0 spiro atoms. The van der Waals surface area contributed by atoms with Crippen molar-refractivity contribution in [2.24, 2.45) is 5.92 Å². The molecule has 0 radical (unpaired) electrons. The molecule has 1 aromatic rings. The van der Waals surface area contributed by atoms with Gasteiger partial charge in [0.25, 0.3) is 5.91 Å². The van der Waals surface area contributed by atoms with Crippen molar-refractivity contribution in [1.82, 2.24) is 10.6 Å². The summed E-state index contributed by atoms with van der Waals surface area (Å²) in [5.41, 5.74) is -0.0236. The fraction of sp³-hybridized carbons (Fsp3) is 0.385. The first kappa shape index (κ1) is 15.6. The maximum absolute atomic E-state index is 13.6. The van der Waals surface area contributed by atoms with E-state index in [0.717, 1.165) is 0 Å². The molecule has 0 unspecified atom stereocenters. The molecule has 19 heavy (non-hydrogen) atoms. The van der Waals surface area contributed by atoms with Gasteiger partial charge >= 0.3 is 0 Å². The Bertz CT molecular complexity index is 478. The average Bonchev–Trinajstić information content (AvgIpc) is 2.37. The van der Waals surface area contributed by atoms with Crippen molar-refractivity contribution in [2.75, 3.05) is 13.1 Å². The molecule has 0 bridgehead atoms. The van der Waals surface area contributed by atoms with Crippen molar-refractivity contribution >= 4 is 27.7 Å². The highest BCUT2D eigenvalue weighted by atomic mass is 79.9. The van der Waals surface area contributed by atoms with Gasteiger partial charge in [0.1, 0.15) is 5.82 Å². The first-order chi connectivity index (χ1) is 8.93. The molecule has 0 saturated carbocycles. The topological polar surface area (TPSA) is 58.2 Å². The van der Waals surface area contributed by atoms with E-state index in [0.29, 0.717) is 6.54 Å². The maximum Gasteiger partial charge on any atom is 0.254 e. The number of carbonyl (C=O) groups is 2. The third-order valence-corrected chi connectivity index (χ3v) is 3.04. The van der Waals surface area contributed by atoms with E-state index in [1.165, 1.54) is 12.1 Å². The van der Waals surface area contributed by atoms with Crippen LogP contribution >= 0.6 is 15.9 Å². The van der Waals surface area contributed by atoms with Crippen molar-refractivity contribution in [3.63, 3.8) is 0 Å². The van der Waals surface area contributed by atoms with E-state index in [1.54, 1.807) is 19.9 Å². The highest BCUT2D eigenvalue weighted by molar-refractivity contribution is 9.10. The lowest BCUT2D eigenvalue weighted by molar-refractivity contribution is -0.123. The zero-order chi connectivity index (χ0) is 14.4. The number of rotatable bonds is 5. The molecule has 2 amide bonds. The predicted molar refractivity (Wildman–Crippen MR) is 74.3 cm³/mol. The van der Waals surface area contributed by atoms with Crippen molar-refractivity contribution in [3.8, 4) is 0 Å². The van der Waals surface area contributed by atoms with E-state index < -0.39 is 11.7 Å². The summed E-state index contributed by atoms with van der Waals surface area (Å²) in [5.74, 6) is -1.27. The van der Waals surface area contributed by atoms with E-state index >= 15 is 0 Å². The summed E-state index contributed by atoms with van der Waals surface area (Å²) >= 11 is 3.02. The summed E-state index contributed by atoms with van der Waals surface area (Å²) in [6.07, 6.45) is 0. The number of benzene rings is 1. The molecule has 0 fully saturated rings. The van der Waals surface area contributed by atoms with Gasteiger partial charge in [0.2, 0.25) is 5.91 Å². The lowest BCUT2D eigenvalue weighted by atomic mass is 10.2. The Kier molecular flexibility index (Phi) is 5.95. The minimum absolute atomic E-state index is 0.0236. The summed E-state index contributed by atoms with van der Waals surface area (Å²) in [7, 11) is 0. The summed E-state index contributed by atoms with van der Waals surface area (Å²) in [6, 6.07) is 4.51. The molecule has 0 heterocycles. The Balaban J connectivity index is 2.44. The quantitative estimate of drug-likeness (QED) is 0.812. The second kappa shape index (κ2) is 7.23. The Morgan fingerprint density at radius 2 is 1.89 bits per heavy atom. The number of carbonyl (C=O) groups excluding carboxylic acids is 2. The monoisotopic (exact) mass is 330 g/mol. The van der Waals surface area contributed by atoms with E-state index in [1.807, 2.05) is 0 Å². The van der Waals surface area contributed by atoms with Crippen molar-refractivity contribution in [2.45, 2.75) is 13.8 Å². The molecular formula is C13H16BrFN2O2. The zero-order valence-electron chi connectivity index (χ0n) is 10.8. The predicted octanol–water partition coefficient (Wildman–Crippen LogP) is 2.09. The van der Waals surface area contributed by atoms with Gasteiger partial charge in [-0.1, -0.05) is 19.9 Å². The SMILES string of the molecule is CC(C)C(=O)NCCNC(=O)c1cccc(Br)c1F. The molecular weight excluding hydrogens is 315 g/mol. The maximum atomic E-state index is 13.6. The number of hydrogen-bond donors (Lipinski definition) is 2. The van der Waals surface area contributed by atoms with Crippen LogP contribution in [0.25, 0.3) is 0 Å². The first-order valence-electron chi connectivity index (χ1n) is 5.93. The van der Waals surface area contributed by atoms with E-state index in [9.17, 15) is 14.0 Å². The fourth-order valence-electron chi connectivity index (χ4n) is 1.34. The van der Waals surface area contributed by atoms with Crippen LogP contribution in [0.3, 0.4) is 0 Å². The van der Waals surface area contributed by atoms with Crippen LogP contribution in [-0.2, 0) is 4.79 Å². The summed E-state index contributed by atoms with van der Waals surface area (Å²) in [4.78, 5) is 23.0. The molecule has 2 N–H and O–H groups in total. The van der Waals surface area contributed by atoms with Gasteiger partial charge in [0.05, 0.1) is 10.0 Å². The van der Waals surface area contributed by atoms with Crippen LogP contribution < -0.4 is 10.6 Å². The van der Waals surface area contributed by atoms with Crippen LogP contribution in [0.1, 0.15) is 24.2 Å². The molecule has 1 aromatic carbocycles. The number of amides is 2. The number of halogens is 2. The van der Waals surface area contributed by atoms with E-state index in [4.69, 9.17) is 0 Å². The Morgan fingerprint density at radius 1 is 1.26 bits per heavy atom. The largest absolute Gasteiger partial charge is 0.354 e. The van der Waals surface area contributed by atoms with Crippen LogP contribution in [0, 0.1) is 11.7 Å². The fourth-order valence-corrected chi connectivity index (χ4v) is 1.71. The number of hydrogen-bond acceptors (Lipinski definition) is 2.